The first-order valence-electron chi connectivity index (χ1n) is 11.8. The lowest BCUT2D eigenvalue weighted by atomic mass is 10.0. The molecule has 2 heterocycles. The van der Waals surface area contributed by atoms with Crippen LogP contribution in [0.15, 0.2) is 60.8 Å². The van der Waals surface area contributed by atoms with Crippen LogP contribution in [0.2, 0.25) is 5.02 Å². The van der Waals surface area contributed by atoms with Gasteiger partial charge in [0.15, 0.2) is 0 Å². The summed E-state index contributed by atoms with van der Waals surface area (Å²) in [7, 11) is 0. The van der Waals surface area contributed by atoms with Gasteiger partial charge in [-0.3, -0.25) is 4.79 Å². The van der Waals surface area contributed by atoms with Gasteiger partial charge in [0.25, 0.3) is 5.91 Å². The largest absolute Gasteiger partial charge is 0.494 e. The number of H-pyrrole nitrogens is 1. The summed E-state index contributed by atoms with van der Waals surface area (Å²) in [5.41, 5.74) is 1.15. The van der Waals surface area contributed by atoms with Crippen molar-refractivity contribution in [2.45, 2.75) is 38.7 Å². The highest BCUT2D eigenvalue weighted by Gasteiger charge is 2.15. The molecule has 0 saturated carbocycles. The van der Waals surface area contributed by atoms with Gasteiger partial charge in [-0.25, -0.2) is 9.37 Å². The molecule has 2 aromatic heterocycles. The summed E-state index contributed by atoms with van der Waals surface area (Å²) < 4.78 is 19.7. The minimum Gasteiger partial charge on any atom is -0.494 e. The summed E-state index contributed by atoms with van der Waals surface area (Å²) in [6.07, 6.45) is 3.06. The molecule has 0 aliphatic heterocycles. The first-order valence-corrected chi connectivity index (χ1v) is 12.1. The van der Waals surface area contributed by atoms with Gasteiger partial charge in [0.1, 0.15) is 23.2 Å². The van der Waals surface area contributed by atoms with E-state index in [0.717, 1.165) is 5.56 Å². The average Bonchev–Trinajstić information content (AvgIpc) is 3.33. The number of halogens is 2. The zero-order valence-electron chi connectivity index (χ0n) is 20.5. The Bertz CT molecular complexity index is 1390. The fourth-order valence-electron chi connectivity index (χ4n) is 3.65. The number of carbonyl (C=O) groups is 1. The van der Waals surface area contributed by atoms with Crippen LogP contribution in [0.1, 0.15) is 48.7 Å². The van der Waals surface area contributed by atoms with Crippen molar-refractivity contribution in [1.82, 2.24) is 20.2 Å². The van der Waals surface area contributed by atoms with Crippen LogP contribution in [0.5, 0.6) is 5.75 Å². The fourth-order valence-corrected chi connectivity index (χ4v) is 3.88. The molecule has 0 aliphatic carbocycles. The van der Waals surface area contributed by atoms with Gasteiger partial charge in [-0.2, -0.15) is 0 Å². The maximum absolute atomic E-state index is 13.9. The van der Waals surface area contributed by atoms with Crippen LogP contribution in [0.25, 0.3) is 11.1 Å². The molecule has 0 radical (unpaired) electrons. The molecule has 4 rings (SSSR count). The van der Waals surface area contributed by atoms with Gasteiger partial charge in [0.2, 0.25) is 5.82 Å². The van der Waals surface area contributed by atoms with Crippen molar-refractivity contribution in [2.75, 3.05) is 11.9 Å². The Kier molecular flexibility index (Phi) is 8.15. The van der Waals surface area contributed by atoms with Crippen molar-refractivity contribution >= 4 is 23.3 Å². The second-order valence-corrected chi connectivity index (χ2v) is 9.59. The van der Waals surface area contributed by atoms with Crippen molar-refractivity contribution in [2.24, 2.45) is 0 Å². The number of rotatable bonds is 10. The first-order chi connectivity index (χ1) is 17.7. The van der Waals surface area contributed by atoms with Crippen LogP contribution in [-0.2, 0) is 6.42 Å². The quantitative estimate of drug-likeness (QED) is 0.239. The van der Waals surface area contributed by atoms with Gasteiger partial charge in [-0.1, -0.05) is 29.8 Å². The van der Waals surface area contributed by atoms with E-state index in [1.54, 1.807) is 62.5 Å². The highest BCUT2D eigenvalue weighted by molar-refractivity contribution is 6.33. The van der Waals surface area contributed by atoms with Crippen LogP contribution >= 0.6 is 11.6 Å². The summed E-state index contributed by atoms with van der Waals surface area (Å²) in [6.45, 7) is 3.99. The standard InChI is InChI=1S/C27H27ClFN5O3/c1-27(2,36)11-5-13-37-19-8-9-21(28)20(16-19)17-10-12-30-23(14-17)32-26(35)25-31-24(33-34-25)15-18-6-3-4-7-22(18)29/h3-4,6-10,12,14,16,36H,5,11,13,15H2,1-2H3,(H,30,32,35)(H,31,33,34). The van der Waals surface area contributed by atoms with Gasteiger partial charge < -0.3 is 20.1 Å². The number of hydrogen-bond donors (Lipinski definition) is 3. The highest BCUT2D eigenvalue weighted by Crippen LogP contribution is 2.32. The van der Waals surface area contributed by atoms with E-state index in [9.17, 15) is 14.3 Å². The van der Waals surface area contributed by atoms with Crippen molar-refractivity contribution < 1.29 is 19.0 Å². The summed E-state index contributed by atoms with van der Waals surface area (Å²) in [4.78, 5) is 19.7. The van der Waals surface area contributed by atoms with E-state index in [4.69, 9.17) is 16.3 Å². The van der Waals surface area contributed by atoms with E-state index in [1.807, 2.05) is 6.07 Å². The third-order valence-electron chi connectivity index (χ3n) is 5.52. The lowest BCUT2D eigenvalue weighted by molar-refractivity contribution is 0.0641. The zero-order chi connectivity index (χ0) is 26.4. The number of aromatic nitrogens is 4. The number of nitrogens with one attached hydrogen (secondary N) is 2. The van der Waals surface area contributed by atoms with E-state index in [0.29, 0.717) is 53.0 Å². The molecule has 8 nitrogen and oxygen atoms in total. The van der Waals surface area contributed by atoms with Gasteiger partial charge in [0.05, 0.1) is 12.2 Å². The van der Waals surface area contributed by atoms with E-state index >= 15 is 0 Å². The average molecular weight is 524 g/mol. The van der Waals surface area contributed by atoms with Crippen molar-refractivity contribution in [3.05, 3.63) is 88.8 Å². The number of hydrogen-bond acceptors (Lipinski definition) is 6. The molecular formula is C27H27ClFN5O3. The summed E-state index contributed by atoms with van der Waals surface area (Å²) in [5.74, 6) is 0.393. The van der Waals surface area contributed by atoms with Gasteiger partial charge >= 0.3 is 0 Å². The van der Waals surface area contributed by atoms with Crippen LogP contribution in [0.4, 0.5) is 10.2 Å². The molecule has 0 fully saturated rings. The van der Waals surface area contributed by atoms with Crippen molar-refractivity contribution in [3.8, 4) is 16.9 Å². The smallest absolute Gasteiger partial charge is 0.294 e. The lowest BCUT2D eigenvalue weighted by Gasteiger charge is -2.17. The normalized spacial score (nSPS) is 11.4. The molecule has 4 aromatic rings. The predicted molar refractivity (Wildman–Crippen MR) is 139 cm³/mol. The van der Waals surface area contributed by atoms with Gasteiger partial charge in [-0.05, 0) is 74.2 Å². The molecular weight excluding hydrogens is 497 g/mol. The Morgan fingerprint density at radius 1 is 1.16 bits per heavy atom. The van der Waals surface area contributed by atoms with Gasteiger partial charge in [0, 0.05) is 23.2 Å². The number of pyridine rings is 1. The van der Waals surface area contributed by atoms with Crippen LogP contribution in [-0.4, -0.2) is 43.4 Å². The molecule has 0 saturated heterocycles. The van der Waals surface area contributed by atoms with Crippen LogP contribution in [0, 0.1) is 5.82 Å². The minimum atomic E-state index is -0.737. The van der Waals surface area contributed by atoms with Crippen LogP contribution < -0.4 is 10.1 Å². The fraction of sp³-hybridized carbons (Fsp3) is 0.259. The Balaban J connectivity index is 1.42. The highest BCUT2D eigenvalue weighted by atomic mass is 35.5. The maximum atomic E-state index is 13.9. The number of anilines is 1. The number of benzene rings is 2. The summed E-state index contributed by atoms with van der Waals surface area (Å²) in [6, 6.07) is 15.2. The Hall–Kier alpha value is -3.82. The van der Waals surface area contributed by atoms with E-state index in [-0.39, 0.29) is 18.1 Å². The number of nitrogens with zero attached hydrogens (tertiary/aromatic N) is 3. The molecule has 37 heavy (non-hydrogen) atoms. The molecule has 0 aliphatic rings. The molecule has 10 heteroatoms. The third kappa shape index (κ3) is 7.34. The van der Waals surface area contributed by atoms with E-state index in [2.05, 4.69) is 25.5 Å². The van der Waals surface area contributed by atoms with E-state index in [1.165, 1.54) is 6.07 Å². The molecule has 192 valence electrons. The SMILES string of the molecule is CC(C)(O)CCCOc1ccc(Cl)c(-c2ccnc(NC(=O)c3nnc(Cc4ccccc4F)[nH]3)c2)c1. The number of aliphatic hydroxyl groups is 1. The van der Waals surface area contributed by atoms with Crippen molar-refractivity contribution in [3.63, 3.8) is 0 Å². The second kappa shape index (κ2) is 11.5. The van der Waals surface area contributed by atoms with Crippen LogP contribution in [0.3, 0.4) is 0 Å². The minimum absolute atomic E-state index is 0.0157. The third-order valence-corrected chi connectivity index (χ3v) is 5.85. The Labute approximate surface area is 218 Å². The molecule has 2 aromatic carbocycles. The van der Waals surface area contributed by atoms with Crippen molar-refractivity contribution in [1.29, 1.82) is 0 Å². The molecule has 0 atom stereocenters. The Morgan fingerprint density at radius 3 is 2.76 bits per heavy atom. The lowest BCUT2D eigenvalue weighted by Crippen LogP contribution is -2.19. The monoisotopic (exact) mass is 523 g/mol. The molecule has 1 amide bonds. The number of amides is 1. The Morgan fingerprint density at radius 2 is 1.97 bits per heavy atom. The number of aromatic amines is 1. The molecule has 0 bridgehead atoms. The maximum Gasteiger partial charge on any atom is 0.294 e. The number of ether oxygens (including phenoxy) is 1. The first kappa shape index (κ1) is 26.2. The van der Waals surface area contributed by atoms with E-state index < -0.39 is 11.5 Å². The summed E-state index contributed by atoms with van der Waals surface area (Å²) >= 11 is 6.44. The zero-order valence-corrected chi connectivity index (χ0v) is 21.2. The topological polar surface area (TPSA) is 113 Å². The second-order valence-electron chi connectivity index (χ2n) is 9.18. The molecule has 0 unspecified atom stereocenters. The molecule has 0 spiro atoms. The summed E-state index contributed by atoms with van der Waals surface area (Å²) in [5, 5.41) is 20.9. The van der Waals surface area contributed by atoms with Gasteiger partial charge in [-0.15, -0.1) is 10.2 Å². The number of carbonyl (C=O) groups excluding carboxylic acids is 1. The molecule has 3 N–H and O–H groups in total. The predicted octanol–water partition coefficient (Wildman–Crippen LogP) is 5.43.